The molecule has 0 radical (unpaired) electrons. The Bertz CT molecular complexity index is 1230. The summed E-state index contributed by atoms with van der Waals surface area (Å²) in [5.41, 5.74) is 1.75. The summed E-state index contributed by atoms with van der Waals surface area (Å²) in [6.07, 6.45) is 5.66. The topological polar surface area (TPSA) is 95.6 Å². The van der Waals surface area contributed by atoms with Gasteiger partial charge < -0.3 is 10.6 Å². The third-order valence-electron chi connectivity index (χ3n) is 6.78. The minimum absolute atomic E-state index is 0.00743. The molecular weight excluding hydrogens is 469 g/mol. The molecule has 2 amide bonds. The Hall–Kier alpha value is -2.94. The molecule has 35 heavy (non-hydrogen) atoms. The van der Waals surface area contributed by atoms with Gasteiger partial charge in [-0.25, -0.2) is 12.8 Å². The lowest BCUT2D eigenvalue weighted by atomic mass is 10.1. The van der Waals surface area contributed by atoms with Gasteiger partial charge in [-0.05, 0) is 56.9 Å². The van der Waals surface area contributed by atoms with Crippen molar-refractivity contribution in [3.63, 3.8) is 0 Å². The number of halogens is 1. The van der Waals surface area contributed by atoms with E-state index in [4.69, 9.17) is 0 Å². The minimum Gasteiger partial charge on any atom is -0.353 e. The van der Waals surface area contributed by atoms with E-state index in [2.05, 4.69) is 10.6 Å². The summed E-state index contributed by atoms with van der Waals surface area (Å²) in [7, 11) is -4.31. The standard InChI is InChI=1S/C26H32FN3O4S/c1-16-13-17(2)25(18(3)14-16)35(33,34)30-21-12-8-11-20(27)24(21)29-26(32)22(30)15-23(31)28-19-9-6-4-5-7-10-19/h8,11-14,19,22H,4-7,9-10,15H2,1-3H3,(H,28,31)(H,29,32). The summed E-state index contributed by atoms with van der Waals surface area (Å²) in [4.78, 5) is 26.2. The molecule has 1 saturated carbocycles. The van der Waals surface area contributed by atoms with Crippen molar-refractivity contribution < 1.29 is 22.4 Å². The summed E-state index contributed by atoms with van der Waals surface area (Å²) < 4.78 is 43.7. The molecule has 1 aliphatic heterocycles. The van der Waals surface area contributed by atoms with Crippen LogP contribution in [-0.2, 0) is 19.6 Å². The molecule has 1 heterocycles. The first-order valence-corrected chi connectivity index (χ1v) is 13.5. The van der Waals surface area contributed by atoms with Gasteiger partial charge in [0.1, 0.15) is 17.5 Å². The maximum atomic E-state index is 14.6. The van der Waals surface area contributed by atoms with Crippen molar-refractivity contribution in [2.24, 2.45) is 0 Å². The van der Waals surface area contributed by atoms with E-state index in [1.54, 1.807) is 26.0 Å². The van der Waals surface area contributed by atoms with Gasteiger partial charge in [-0.15, -0.1) is 0 Å². The van der Waals surface area contributed by atoms with Gasteiger partial charge in [0.2, 0.25) is 11.8 Å². The van der Waals surface area contributed by atoms with Crippen LogP contribution >= 0.6 is 0 Å². The first-order chi connectivity index (χ1) is 16.6. The third-order valence-corrected chi connectivity index (χ3v) is 8.91. The van der Waals surface area contributed by atoms with E-state index in [-0.39, 0.29) is 28.7 Å². The summed E-state index contributed by atoms with van der Waals surface area (Å²) in [6, 6.07) is 6.17. The van der Waals surface area contributed by atoms with Crippen LogP contribution in [0.2, 0.25) is 0 Å². The number of para-hydroxylation sites is 1. The SMILES string of the molecule is Cc1cc(C)c(S(=O)(=O)N2c3cccc(F)c3NC(=O)C2CC(=O)NC2CCCCCC2)c(C)c1. The van der Waals surface area contributed by atoms with Gasteiger partial charge in [-0.3, -0.25) is 13.9 Å². The minimum atomic E-state index is -4.31. The van der Waals surface area contributed by atoms with Crippen molar-refractivity contribution in [1.82, 2.24) is 5.32 Å². The molecule has 9 heteroatoms. The van der Waals surface area contributed by atoms with E-state index in [1.807, 2.05) is 6.92 Å². The van der Waals surface area contributed by atoms with Crippen molar-refractivity contribution in [3.8, 4) is 0 Å². The average molecular weight is 502 g/mol. The predicted molar refractivity (Wildman–Crippen MR) is 133 cm³/mol. The second kappa shape index (κ2) is 9.97. The number of carbonyl (C=O) groups excluding carboxylic acids is 2. The van der Waals surface area contributed by atoms with Gasteiger partial charge in [0.25, 0.3) is 10.0 Å². The number of aryl methyl sites for hydroxylation is 3. The molecule has 1 unspecified atom stereocenters. The number of rotatable bonds is 5. The molecule has 2 aromatic carbocycles. The fourth-order valence-electron chi connectivity index (χ4n) is 5.33. The molecule has 2 aromatic rings. The van der Waals surface area contributed by atoms with Crippen molar-refractivity contribution in [2.45, 2.75) is 82.7 Å². The van der Waals surface area contributed by atoms with Crippen molar-refractivity contribution in [2.75, 3.05) is 9.62 Å². The summed E-state index contributed by atoms with van der Waals surface area (Å²) in [6.45, 7) is 5.25. The number of sulfonamides is 1. The quantitative estimate of drug-likeness (QED) is 0.590. The number of hydrogen-bond donors (Lipinski definition) is 2. The zero-order valence-electron chi connectivity index (χ0n) is 20.4. The molecule has 188 valence electrons. The Morgan fingerprint density at radius 2 is 1.71 bits per heavy atom. The van der Waals surface area contributed by atoms with E-state index < -0.39 is 33.7 Å². The van der Waals surface area contributed by atoms with Crippen LogP contribution in [0.5, 0.6) is 0 Å². The number of benzene rings is 2. The largest absolute Gasteiger partial charge is 0.353 e. The van der Waals surface area contributed by atoms with Crippen LogP contribution in [0.25, 0.3) is 0 Å². The fraction of sp³-hybridized carbons (Fsp3) is 0.462. The highest BCUT2D eigenvalue weighted by Gasteiger charge is 2.44. The molecule has 7 nitrogen and oxygen atoms in total. The summed E-state index contributed by atoms with van der Waals surface area (Å²) in [5.74, 6) is -1.87. The second-order valence-corrected chi connectivity index (χ2v) is 11.4. The molecule has 0 spiro atoms. The van der Waals surface area contributed by atoms with Crippen LogP contribution in [-0.4, -0.2) is 32.3 Å². The summed E-state index contributed by atoms with van der Waals surface area (Å²) in [5, 5.41) is 5.48. The monoisotopic (exact) mass is 501 g/mol. The first kappa shape index (κ1) is 25.2. The van der Waals surface area contributed by atoms with E-state index >= 15 is 0 Å². The second-order valence-electron chi connectivity index (χ2n) is 9.63. The highest BCUT2D eigenvalue weighted by molar-refractivity contribution is 7.93. The molecule has 4 rings (SSSR count). The van der Waals surface area contributed by atoms with Crippen LogP contribution in [0, 0.1) is 26.6 Å². The molecule has 1 fully saturated rings. The van der Waals surface area contributed by atoms with E-state index in [9.17, 15) is 22.4 Å². The van der Waals surface area contributed by atoms with Crippen LogP contribution in [0.3, 0.4) is 0 Å². The molecule has 1 aliphatic carbocycles. The third kappa shape index (κ3) is 5.05. The molecule has 2 aliphatic rings. The number of anilines is 2. The van der Waals surface area contributed by atoms with E-state index in [0.29, 0.717) is 11.1 Å². The van der Waals surface area contributed by atoms with Gasteiger partial charge in [-0.2, -0.15) is 0 Å². The highest BCUT2D eigenvalue weighted by Crippen LogP contribution is 2.40. The fourth-order valence-corrected chi connectivity index (χ4v) is 7.38. The number of amides is 2. The van der Waals surface area contributed by atoms with Gasteiger partial charge in [0, 0.05) is 6.04 Å². The van der Waals surface area contributed by atoms with E-state index in [1.165, 1.54) is 12.1 Å². The van der Waals surface area contributed by atoms with Crippen LogP contribution in [0.15, 0.2) is 35.2 Å². The average Bonchev–Trinajstić information content (AvgIpc) is 3.02. The first-order valence-electron chi connectivity index (χ1n) is 12.1. The molecule has 1 atom stereocenters. The van der Waals surface area contributed by atoms with Gasteiger partial charge in [0.05, 0.1) is 17.0 Å². The van der Waals surface area contributed by atoms with Crippen molar-refractivity contribution in [1.29, 1.82) is 0 Å². The lowest BCUT2D eigenvalue weighted by Gasteiger charge is -2.37. The number of fused-ring (bicyclic) bond motifs is 1. The highest BCUT2D eigenvalue weighted by atomic mass is 32.2. The number of nitrogens with one attached hydrogen (secondary N) is 2. The Balaban J connectivity index is 1.75. The van der Waals surface area contributed by atoms with Gasteiger partial charge >= 0.3 is 0 Å². The lowest BCUT2D eigenvalue weighted by Crippen LogP contribution is -2.53. The normalized spacial score (nSPS) is 19.0. The number of hydrogen-bond acceptors (Lipinski definition) is 4. The Kier molecular flexibility index (Phi) is 7.17. The Labute approximate surface area is 206 Å². The van der Waals surface area contributed by atoms with E-state index in [0.717, 1.165) is 54.5 Å². The Morgan fingerprint density at radius 1 is 1.09 bits per heavy atom. The van der Waals surface area contributed by atoms with Gasteiger partial charge in [0.15, 0.2) is 0 Å². The van der Waals surface area contributed by atoms with Crippen molar-refractivity contribution >= 4 is 33.2 Å². The van der Waals surface area contributed by atoms with Gasteiger partial charge in [-0.1, -0.05) is 49.4 Å². The summed E-state index contributed by atoms with van der Waals surface area (Å²) >= 11 is 0. The predicted octanol–water partition coefficient (Wildman–Crippen LogP) is 4.50. The maximum Gasteiger partial charge on any atom is 0.265 e. The zero-order valence-corrected chi connectivity index (χ0v) is 21.2. The molecular formula is C26H32FN3O4S. The lowest BCUT2D eigenvalue weighted by molar-refractivity contribution is -0.125. The maximum absolute atomic E-state index is 14.6. The molecule has 0 aromatic heterocycles. The molecule has 0 bridgehead atoms. The number of carbonyl (C=O) groups is 2. The van der Waals surface area contributed by atoms with Crippen LogP contribution < -0.4 is 14.9 Å². The van der Waals surface area contributed by atoms with Crippen LogP contribution in [0.4, 0.5) is 15.8 Å². The van der Waals surface area contributed by atoms with Crippen LogP contribution in [0.1, 0.15) is 61.6 Å². The number of nitrogens with zero attached hydrogens (tertiary/aromatic N) is 1. The molecule has 2 N–H and O–H groups in total. The zero-order chi connectivity index (χ0) is 25.3. The van der Waals surface area contributed by atoms with Crippen molar-refractivity contribution in [3.05, 3.63) is 52.8 Å². The smallest absolute Gasteiger partial charge is 0.265 e. The Morgan fingerprint density at radius 3 is 2.34 bits per heavy atom. The molecule has 0 saturated heterocycles.